The Morgan fingerprint density at radius 3 is 2.53 bits per heavy atom. The highest BCUT2D eigenvalue weighted by molar-refractivity contribution is 5.81. The maximum Gasteiger partial charge on any atom is 0.344 e. The van der Waals surface area contributed by atoms with Crippen molar-refractivity contribution in [3.63, 3.8) is 0 Å². The van der Waals surface area contributed by atoms with E-state index >= 15 is 0 Å². The highest BCUT2D eigenvalue weighted by Gasteiger charge is 2.16. The Morgan fingerprint density at radius 2 is 2.07 bits per heavy atom. The number of carboxylic acid groups (broad SMARTS) is 1. The Morgan fingerprint density at radius 1 is 1.47 bits per heavy atom. The first-order valence-corrected chi connectivity index (χ1v) is 4.19. The van der Waals surface area contributed by atoms with Gasteiger partial charge in [0, 0.05) is 6.08 Å². The average Bonchev–Trinajstić information content (AvgIpc) is 2.17. The highest BCUT2D eigenvalue weighted by atomic mass is 16.6. The molecule has 0 fully saturated rings. The number of rotatable bonds is 6. The number of ether oxygens (including phenoxy) is 2. The summed E-state index contributed by atoms with van der Waals surface area (Å²) in [5.41, 5.74) is 0. The maximum absolute atomic E-state index is 10.9. The molecule has 0 bridgehead atoms. The fourth-order valence-corrected chi connectivity index (χ4v) is 0.600. The van der Waals surface area contributed by atoms with Crippen LogP contribution in [0.2, 0.25) is 0 Å². The number of aliphatic carboxylic acids is 1. The number of carboxylic acids is 1. The topological polar surface area (TPSA) is 89.9 Å². The van der Waals surface area contributed by atoms with Gasteiger partial charge in [-0.2, -0.15) is 0 Å². The molecule has 0 aromatic rings. The molecule has 0 saturated heterocycles. The van der Waals surface area contributed by atoms with Crippen molar-refractivity contribution in [3.05, 3.63) is 12.7 Å². The molecule has 0 rings (SSSR count). The van der Waals surface area contributed by atoms with Crippen molar-refractivity contribution in [1.82, 2.24) is 0 Å². The minimum absolute atomic E-state index is 0.157. The van der Waals surface area contributed by atoms with E-state index < -0.39 is 24.0 Å². The van der Waals surface area contributed by atoms with Crippen molar-refractivity contribution < 1.29 is 29.0 Å². The lowest BCUT2D eigenvalue weighted by molar-refractivity contribution is -0.163. The average molecular weight is 216 g/mol. The second-order valence-corrected chi connectivity index (χ2v) is 2.59. The van der Waals surface area contributed by atoms with Gasteiger partial charge < -0.3 is 14.6 Å². The summed E-state index contributed by atoms with van der Waals surface area (Å²) in [6, 6.07) is 0. The summed E-state index contributed by atoms with van der Waals surface area (Å²) < 4.78 is 8.97. The predicted molar refractivity (Wildman–Crippen MR) is 49.0 cm³/mol. The third-order valence-electron chi connectivity index (χ3n) is 1.37. The van der Waals surface area contributed by atoms with Gasteiger partial charge in [0.1, 0.15) is 6.61 Å². The van der Waals surface area contributed by atoms with Gasteiger partial charge >= 0.3 is 17.9 Å². The smallest absolute Gasteiger partial charge is 0.344 e. The number of carbonyl (C=O) groups excluding carboxylic acids is 2. The molecular weight excluding hydrogens is 204 g/mol. The molecule has 0 aromatic heterocycles. The predicted octanol–water partition coefficient (Wildman–Crippen LogP) is 0.122. The monoisotopic (exact) mass is 216 g/mol. The van der Waals surface area contributed by atoms with Gasteiger partial charge in [0.2, 0.25) is 0 Å². The zero-order valence-corrected chi connectivity index (χ0v) is 8.26. The molecule has 1 unspecified atom stereocenters. The molecule has 6 heteroatoms. The third kappa shape index (κ3) is 6.25. The first-order chi connectivity index (χ1) is 6.97. The molecule has 84 valence electrons. The van der Waals surface area contributed by atoms with Crippen LogP contribution in [0.15, 0.2) is 12.7 Å². The van der Waals surface area contributed by atoms with Crippen molar-refractivity contribution in [2.45, 2.75) is 19.4 Å². The Labute approximate surface area is 86.5 Å². The molecule has 0 heterocycles. The SMILES string of the molecule is C=CC(=O)OCCC(=O)OC(C)C(=O)O. The molecule has 0 radical (unpaired) electrons. The zero-order valence-electron chi connectivity index (χ0n) is 8.26. The van der Waals surface area contributed by atoms with E-state index in [9.17, 15) is 14.4 Å². The van der Waals surface area contributed by atoms with E-state index in [1.807, 2.05) is 0 Å². The first-order valence-electron chi connectivity index (χ1n) is 4.19. The van der Waals surface area contributed by atoms with Crippen LogP contribution in [0.5, 0.6) is 0 Å². The van der Waals surface area contributed by atoms with Gasteiger partial charge in [0.05, 0.1) is 6.42 Å². The molecule has 1 N–H and O–H groups in total. The summed E-state index contributed by atoms with van der Waals surface area (Å²) in [7, 11) is 0. The summed E-state index contributed by atoms with van der Waals surface area (Å²) in [5.74, 6) is -2.61. The van der Waals surface area contributed by atoms with Gasteiger partial charge in [-0.3, -0.25) is 4.79 Å². The van der Waals surface area contributed by atoms with Crippen LogP contribution >= 0.6 is 0 Å². The van der Waals surface area contributed by atoms with E-state index in [1.54, 1.807) is 0 Å². The van der Waals surface area contributed by atoms with Crippen molar-refractivity contribution in [2.75, 3.05) is 6.61 Å². The quantitative estimate of drug-likeness (QED) is 0.501. The molecule has 0 aromatic carbocycles. The molecule has 1 atom stereocenters. The summed E-state index contributed by atoms with van der Waals surface area (Å²) in [6.07, 6.45) is -0.421. The van der Waals surface area contributed by atoms with Gasteiger partial charge in [-0.15, -0.1) is 0 Å². The van der Waals surface area contributed by atoms with Gasteiger partial charge in [-0.1, -0.05) is 6.58 Å². The largest absolute Gasteiger partial charge is 0.479 e. The third-order valence-corrected chi connectivity index (χ3v) is 1.37. The van der Waals surface area contributed by atoms with E-state index in [0.29, 0.717) is 0 Å². The highest BCUT2D eigenvalue weighted by Crippen LogP contribution is 1.95. The molecular formula is C9H12O6. The Balaban J connectivity index is 3.71. The number of esters is 2. The fourth-order valence-electron chi connectivity index (χ4n) is 0.600. The van der Waals surface area contributed by atoms with Crippen LogP contribution in [-0.4, -0.2) is 35.7 Å². The van der Waals surface area contributed by atoms with E-state index in [4.69, 9.17) is 5.11 Å². The Bertz CT molecular complexity index is 270. The summed E-state index contributed by atoms with van der Waals surface area (Å²) in [5, 5.41) is 8.41. The molecule has 0 amide bonds. The van der Waals surface area contributed by atoms with E-state index in [-0.39, 0.29) is 13.0 Å². The maximum atomic E-state index is 10.9. The van der Waals surface area contributed by atoms with E-state index in [2.05, 4.69) is 16.1 Å². The summed E-state index contributed by atoms with van der Waals surface area (Å²) in [4.78, 5) is 31.7. The minimum Gasteiger partial charge on any atom is -0.479 e. The number of hydrogen-bond donors (Lipinski definition) is 1. The minimum atomic E-state index is -1.23. The molecule has 6 nitrogen and oxygen atoms in total. The van der Waals surface area contributed by atoms with Gasteiger partial charge in [-0.25, -0.2) is 9.59 Å². The lowest BCUT2D eigenvalue weighted by Gasteiger charge is -2.08. The lowest BCUT2D eigenvalue weighted by Crippen LogP contribution is -2.24. The van der Waals surface area contributed by atoms with Crippen molar-refractivity contribution >= 4 is 17.9 Å². The second kappa shape index (κ2) is 6.58. The van der Waals surface area contributed by atoms with Crippen molar-refractivity contribution in [3.8, 4) is 0 Å². The lowest BCUT2D eigenvalue weighted by atomic mass is 10.4. The Hall–Kier alpha value is -1.85. The van der Waals surface area contributed by atoms with Crippen molar-refractivity contribution in [1.29, 1.82) is 0 Å². The van der Waals surface area contributed by atoms with Crippen LogP contribution in [0.1, 0.15) is 13.3 Å². The van der Waals surface area contributed by atoms with Crippen LogP contribution in [0.25, 0.3) is 0 Å². The summed E-state index contributed by atoms with van der Waals surface area (Å²) >= 11 is 0. The van der Waals surface area contributed by atoms with Crippen LogP contribution in [0.4, 0.5) is 0 Å². The molecule has 15 heavy (non-hydrogen) atoms. The first kappa shape index (κ1) is 13.2. The van der Waals surface area contributed by atoms with Crippen molar-refractivity contribution in [2.24, 2.45) is 0 Å². The van der Waals surface area contributed by atoms with E-state index in [1.165, 1.54) is 6.92 Å². The molecule has 0 aliphatic carbocycles. The molecule has 0 aliphatic rings. The standard InChI is InChI=1S/C9H12O6/c1-3-7(10)14-5-4-8(11)15-6(2)9(12)13/h3,6H,1,4-5H2,2H3,(H,12,13). The van der Waals surface area contributed by atoms with Gasteiger partial charge in [0.15, 0.2) is 6.10 Å². The number of carbonyl (C=O) groups is 3. The van der Waals surface area contributed by atoms with Crippen LogP contribution in [0.3, 0.4) is 0 Å². The van der Waals surface area contributed by atoms with Crippen LogP contribution in [0, 0.1) is 0 Å². The van der Waals surface area contributed by atoms with E-state index in [0.717, 1.165) is 6.08 Å². The Kier molecular flexibility index (Phi) is 5.77. The molecule has 0 aliphatic heterocycles. The molecule has 0 saturated carbocycles. The second-order valence-electron chi connectivity index (χ2n) is 2.59. The fraction of sp³-hybridized carbons (Fsp3) is 0.444. The summed E-state index contributed by atoms with van der Waals surface area (Å²) in [6.45, 7) is 4.24. The zero-order chi connectivity index (χ0) is 11.8. The number of hydrogen-bond acceptors (Lipinski definition) is 5. The van der Waals surface area contributed by atoms with Crippen LogP contribution < -0.4 is 0 Å². The normalized spacial score (nSPS) is 11.3. The van der Waals surface area contributed by atoms with Crippen LogP contribution in [-0.2, 0) is 23.9 Å². The van der Waals surface area contributed by atoms with Gasteiger partial charge in [-0.05, 0) is 6.92 Å². The van der Waals surface area contributed by atoms with Gasteiger partial charge in [0.25, 0.3) is 0 Å². The molecule has 0 spiro atoms.